The fourth-order valence-corrected chi connectivity index (χ4v) is 3.32. The lowest BCUT2D eigenvalue weighted by molar-refractivity contribution is -0.118. The number of rotatable bonds is 5. The van der Waals surface area contributed by atoms with E-state index in [0.717, 1.165) is 16.7 Å². The molecular formula is C17H22N2OS. The van der Waals surface area contributed by atoms with Crippen LogP contribution in [0.3, 0.4) is 0 Å². The van der Waals surface area contributed by atoms with Crippen molar-refractivity contribution in [2.75, 3.05) is 0 Å². The van der Waals surface area contributed by atoms with Gasteiger partial charge in [-0.3, -0.25) is 4.79 Å². The third-order valence-electron chi connectivity index (χ3n) is 3.37. The van der Waals surface area contributed by atoms with Crippen LogP contribution in [-0.2, 0) is 11.3 Å². The van der Waals surface area contributed by atoms with E-state index in [2.05, 4.69) is 48.2 Å². The van der Waals surface area contributed by atoms with Gasteiger partial charge < -0.3 is 4.57 Å². The summed E-state index contributed by atoms with van der Waals surface area (Å²) in [6, 6.07) is 6.47. The van der Waals surface area contributed by atoms with Crippen LogP contribution in [0.2, 0.25) is 0 Å². The number of fused-ring (bicyclic) bond motifs is 1. The van der Waals surface area contributed by atoms with Crippen molar-refractivity contribution in [3.05, 3.63) is 41.2 Å². The Bertz CT molecular complexity index is 722. The molecule has 1 aromatic heterocycles. The zero-order valence-corrected chi connectivity index (χ0v) is 13.7. The van der Waals surface area contributed by atoms with Gasteiger partial charge in [0.2, 0.25) is 5.91 Å². The Hall–Kier alpha value is -1.68. The van der Waals surface area contributed by atoms with Gasteiger partial charge in [-0.2, -0.15) is 4.99 Å². The van der Waals surface area contributed by atoms with Gasteiger partial charge in [0.15, 0.2) is 4.80 Å². The van der Waals surface area contributed by atoms with Crippen molar-refractivity contribution < 1.29 is 4.79 Å². The quantitative estimate of drug-likeness (QED) is 0.761. The fourth-order valence-electron chi connectivity index (χ4n) is 2.22. The first kappa shape index (κ1) is 15.7. The van der Waals surface area contributed by atoms with Gasteiger partial charge in [0.05, 0.1) is 10.2 Å². The molecule has 1 aromatic carbocycles. The molecule has 112 valence electrons. The predicted molar refractivity (Wildman–Crippen MR) is 89.6 cm³/mol. The lowest BCUT2D eigenvalue weighted by atomic mass is 10.0. The minimum Gasteiger partial charge on any atom is -0.313 e. The van der Waals surface area contributed by atoms with Gasteiger partial charge in [-0.15, -0.1) is 6.58 Å². The van der Waals surface area contributed by atoms with Crippen LogP contribution in [0.25, 0.3) is 10.2 Å². The lowest BCUT2D eigenvalue weighted by Gasteiger charge is -2.05. The maximum absolute atomic E-state index is 11.8. The third-order valence-corrected chi connectivity index (χ3v) is 4.41. The summed E-state index contributed by atoms with van der Waals surface area (Å²) >= 11 is 1.58. The van der Waals surface area contributed by atoms with E-state index in [1.54, 1.807) is 11.3 Å². The van der Waals surface area contributed by atoms with Gasteiger partial charge in [0.25, 0.3) is 0 Å². The number of carbonyl (C=O) groups is 1. The number of benzene rings is 1. The van der Waals surface area contributed by atoms with Gasteiger partial charge in [-0.05, 0) is 30.0 Å². The van der Waals surface area contributed by atoms with Crippen LogP contribution >= 0.6 is 11.3 Å². The van der Waals surface area contributed by atoms with Crippen molar-refractivity contribution in [3.8, 4) is 0 Å². The van der Waals surface area contributed by atoms with E-state index in [4.69, 9.17) is 0 Å². The van der Waals surface area contributed by atoms with E-state index in [0.29, 0.717) is 18.9 Å². The highest BCUT2D eigenvalue weighted by Crippen LogP contribution is 2.23. The SMILES string of the molecule is C=CCn1c(=NC(=O)CCC)sc2cc(C(C)C)ccc21. The topological polar surface area (TPSA) is 34.4 Å². The molecule has 1 heterocycles. The molecular weight excluding hydrogens is 280 g/mol. The number of thiazole rings is 1. The molecule has 0 saturated heterocycles. The van der Waals surface area contributed by atoms with E-state index in [1.165, 1.54) is 10.3 Å². The molecule has 0 unspecified atom stereocenters. The zero-order chi connectivity index (χ0) is 15.4. The second-order valence-electron chi connectivity index (χ2n) is 5.42. The first-order chi connectivity index (χ1) is 10.1. The minimum atomic E-state index is -0.0500. The number of amides is 1. The van der Waals surface area contributed by atoms with Gasteiger partial charge >= 0.3 is 0 Å². The Morgan fingerprint density at radius 3 is 2.86 bits per heavy atom. The Labute approximate surface area is 129 Å². The third kappa shape index (κ3) is 3.50. The summed E-state index contributed by atoms with van der Waals surface area (Å²) in [7, 11) is 0. The van der Waals surface area contributed by atoms with E-state index >= 15 is 0 Å². The molecule has 21 heavy (non-hydrogen) atoms. The van der Waals surface area contributed by atoms with Gasteiger partial charge in [0.1, 0.15) is 0 Å². The van der Waals surface area contributed by atoms with Gasteiger partial charge in [0, 0.05) is 13.0 Å². The second kappa shape index (κ2) is 6.85. The minimum absolute atomic E-state index is 0.0500. The molecule has 0 fully saturated rings. The number of nitrogens with zero attached hydrogens (tertiary/aromatic N) is 2. The summed E-state index contributed by atoms with van der Waals surface area (Å²) in [6.07, 6.45) is 3.16. The van der Waals surface area contributed by atoms with E-state index < -0.39 is 0 Å². The van der Waals surface area contributed by atoms with Gasteiger partial charge in [-0.1, -0.05) is 44.3 Å². The fraction of sp³-hybridized carbons (Fsp3) is 0.412. The molecule has 3 nitrogen and oxygen atoms in total. The van der Waals surface area contributed by atoms with E-state index in [9.17, 15) is 4.79 Å². The van der Waals surface area contributed by atoms with Gasteiger partial charge in [-0.25, -0.2) is 0 Å². The van der Waals surface area contributed by atoms with Crippen LogP contribution in [0.1, 0.15) is 45.1 Å². The summed E-state index contributed by atoms with van der Waals surface area (Å²) in [4.78, 5) is 16.9. The molecule has 1 amide bonds. The molecule has 0 atom stereocenters. The van der Waals surface area contributed by atoms with Crippen molar-refractivity contribution >= 4 is 27.5 Å². The maximum Gasteiger partial charge on any atom is 0.248 e. The monoisotopic (exact) mass is 302 g/mol. The van der Waals surface area contributed by atoms with Crippen molar-refractivity contribution in [2.45, 2.75) is 46.1 Å². The molecule has 2 aromatic rings. The number of allylic oxidation sites excluding steroid dienone is 1. The molecule has 0 aliphatic heterocycles. The smallest absolute Gasteiger partial charge is 0.248 e. The maximum atomic E-state index is 11.8. The Balaban J connectivity index is 2.61. The Morgan fingerprint density at radius 2 is 2.24 bits per heavy atom. The van der Waals surface area contributed by atoms with Crippen molar-refractivity contribution in [1.82, 2.24) is 4.57 Å². The lowest BCUT2D eigenvalue weighted by Crippen LogP contribution is -2.16. The molecule has 0 aliphatic rings. The second-order valence-corrected chi connectivity index (χ2v) is 6.43. The number of carbonyl (C=O) groups excluding carboxylic acids is 1. The van der Waals surface area contributed by atoms with Crippen molar-refractivity contribution in [3.63, 3.8) is 0 Å². The highest BCUT2D eigenvalue weighted by Gasteiger charge is 2.09. The van der Waals surface area contributed by atoms with Crippen LogP contribution in [-0.4, -0.2) is 10.5 Å². The summed E-state index contributed by atoms with van der Waals surface area (Å²) in [5.74, 6) is 0.442. The van der Waals surface area contributed by atoms with E-state index in [1.807, 2.05) is 13.0 Å². The predicted octanol–water partition coefficient (Wildman–Crippen LogP) is 4.24. The van der Waals surface area contributed by atoms with E-state index in [-0.39, 0.29) is 5.91 Å². The normalized spacial score (nSPS) is 12.3. The first-order valence-corrected chi connectivity index (χ1v) is 8.20. The average Bonchev–Trinajstić information content (AvgIpc) is 2.76. The molecule has 0 bridgehead atoms. The summed E-state index contributed by atoms with van der Waals surface area (Å²) in [6.45, 7) is 10.8. The van der Waals surface area contributed by atoms with Crippen LogP contribution in [0.15, 0.2) is 35.8 Å². The molecule has 0 N–H and O–H groups in total. The van der Waals surface area contributed by atoms with Crippen molar-refractivity contribution in [2.24, 2.45) is 4.99 Å². The largest absolute Gasteiger partial charge is 0.313 e. The highest BCUT2D eigenvalue weighted by atomic mass is 32.1. The number of aromatic nitrogens is 1. The molecule has 0 saturated carbocycles. The summed E-state index contributed by atoms with van der Waals surface area (Å²) < 4.78 is 3.23. The van der Waals surface area contributed by atoms with Crippen LogP contribution < -0.4 is 4.80 Å². The average molecular weight is 302 g/mol. The highest BCUT2D eigenvalue weighted by molar-refractivity contribution is 7.16. The molecule has 0 aliphatic carbocycles. The first-order valence-electron chi connectivity index (χ1n) is 7.38. The standard InChI is InChI=1S/C17H22N2OS/c1-5-7-16(20)18-17-19(10-6-2)14-9-8-13(12(3)4)11-15(14)21-17/h6,8-9,11-12H,2,5,7,10H2,1,3-4H3. The molecule has 0 radical (unpaired) electrons. The zero-order valence-electron chi connectivity index (χ0n) is 12.9. The van der Waals surface area contributed by atoms with Crippen LogP contribution in [0.5, 0.6) is 0 Å². The Morgan fingerprint density at radius 1 is 1.48 bits per heavy atom. The summed E-state index contributed by atoms with van der Waals surface area (Å²) in [5, 5.41) is 0. The molecule has 4 heteroatoms. The number of hydrogen-bond donors (Lipinski definition) is 0. The van der Waals surface area contributed by atoms with Crippen LogP contribution in [0.4, 0.5) is 0 Å². The molecule has 2 rings (SSSR count). The molecule has 0 spiro atoms. The summed E-state index contributed by atoms with van der Waals surface area (Å²) in [5.41, 5.74) is 2.42. The van der Waals surface area contributed by atoms with Crippen molar-refractivity contribution in [1.29, 1.82) is 0 Å². The van der Waals surface area contributed by atoms with Crippen LogP contribution in [0, 0.1) is 0 Å². The number of hydrogen-bond acceptors (Lipinski definition) is 2. The Kier molecular flexibility index (Phi) is 5.12.